The number of rotatable bonds is 8. The van der Waals surface area contributed by atoms with E-state index in [0.717, 1.165) is 18.9 Å². The third kappa shape index (κ3) is 6.09. The van der Waals surface area contributed by atoms with Gasteiger partial charge in [0.15, 0.2) is 0 Å². The van der Waals surface area contributed by atoms with E-state index in [-0.39, 0.29) is 12.1 Å². The number of nitrogens with zero attached hydrogens (tertiary/aromatic N) is 4. The highest BCUT2D eigenvalue weighted by atomic mass is 16.2. The van der Waals surface area contributed by atoms with Gasteiger partial charge in [0.1, 0.15) is 5.82 Å². The molecule has 2 amide bonds. The van der Waals surface area contributed by atoms with E-state index in [2.05, 4.69) is 52.7 Å². The SMILES string of the molecule is Cc1cc(C)c(Cn2ccnc2CN(CCN(C)C)C(=O)NC(C)C)c(C)c1. The Morgan fingerprint density at radius 1 is 1.14 bits per heavy atom. The van der Waals surface area contributed by atoms with E-state index in [4.69, 9.17) is 0 Å². The van der Waals surface area contributed by atoms with Crippen molar-refractivity contribution in [1.29, 1.82) is 0 Å². The predicted octanol–water partition coefficient (Wildman–Crippen LogP) is 3.34. The minimum absolute atomic E-state index is 0.0471. The lowest BCUT2D eigenvalue weighted by Gasteiger charge is -2.26. The molecule has 2 aromatic rings. The van der Waals surface area contributed by atoms with E-state index in [1.54, 1.807) is 0 Å². The van der Waals surface area contributed by atoms with Crippen LogP contribution in [0.3, 0.4) is 0 Å². The molecule has 0 spiro atoms. The molecule has 1 aromatic heterocycles. The average Bonchev–Trinajstić information content (AvgIpc) is 3.00. The summed E-state index contributed by atoms with van der Waals surface area (Å²) in [6.07, 6.45) is 3.82. The maximum Gasteiger partial charge on any atom is 0.318 e. The van der Waals surface area contributed by atoms with Gasteiger partial charge in [-0.2, -0.15) is 0 Å². The summed E-state index contributed by atoms with van der Waals surface area (Å²) >= 11 is 0. The van der Waals surface area contributed by atoms with E-state index < -0.39 is 0 Å². The van der Waals surface area contributed by atoms with E-state index >= 15 is 0 Å². The Morgan fingerprint density at radius 2 is 1.79 bits per heavy atom. The molecule has 0 fully saturated rings. The molecule has 2 rings (SSSR count). The molecule has 28 heavy (non-hydrogen) atoms. The summed E-state index contributed by atoms with van der Waals surface area (Å²) in [4.78, 5) is 21.1. The molecule has 0 bridgehead atoms. The third-order valence-electron chi connectivity index (χ3n) is 4.82. The second kappa shape index (κ2) is 9.73. The Kier molecular flexibility index (Phi) is 7.63. The number of aryl methyl sites for hydroxylation is 3. The molecule has 0 atom stereocenters. The number of aromatic nitrogens is 2. The highest BCUT2D eigenvalue weighted by molar-refractivity contribution is 5.74. The van der Waals surface area contributed by atoms with Crippen LogP contribution in [0.5, 0.6) is 0 Å². The van der Waals surface area contributed by atoms with Crippen LogP contribution in [0.4, 0.5) is 4.79 Å². The van der Waals surface area contributed by atoms with Gasteiger partial charge in [-0.15, -0.1) is 0 Å². The van der Waals surface area contributed by atoms with Gasteiger partial charge < -0.3 is 19.7 Å². The monoisotopic (exact) mass is 385 g/mol. The van der Waals surface area contributed by atoms with Crippen LogP contribution in [-0.4, -0.2) is 58.6 Å². The molecule has 0 aliphatic carbocycles. The van der Waals surface area contributed by atoms with Gasteiger partial charge in [-0.25, -0.2) is 9.78 Å². The molecule has 6 heteroatoms. The van der Waals surface area contributed by atoms with Crippen molar-refractivity contribution >= 4 is 6.03 Å². The van der Waals surface area contributed by atoms with Crippen molar-refractivity contribution < 1.29 is 4.79 Å². The van der Waals surface area contributed by atoms with Crippen LogP contribution in [0, 0.1) is 20.8 Å². The van der Waals surface area contributed by atoms with E-state index in [9.17, 15) is 4.79 Å². The molecular formula is C22H35N5O. The molecule has 1 heterocycles. The summed E-state index contributed by atoms with van der Waals surface area (Å²) in [6.45, 7) is 13.1. The van der Waals surface area contributed by atoms with Gasteiger partial charge >= 0.3 is 6.03 Å². The highest BCUT2D eigenvalue weighted by Gasteiger charge is 2.18. The molecule has 154 valence electrons. The second-order valence-corrected chi connectivity index (χ2v) is 8.18. The summed E-state index contributed by atoms with van der Waals surface area (Å²) in [7, 11) is 4.03. The summed E-state index contributed by atoms with van der Waals surface area (Å²) in [5.41, 5.74) is 5.18. The first-order valence-corrected chi connectivity index (χ1v) is 9.94. The normalized spacial score (nSPS) is 11.3. The van der Waals surface area contributed by atoms with Gasteiger partial charge in [-0.1, -0.05) is 17.7 Å². The number of carbonyl (C=O) groups is 1. The van der Waals surface area contributed by atoms with Gasteiger partial charge in [0, 0.05) is 38.1 Å². The molecule has 0 aliphatic rings. The van der Waals surface area contributed by atoms with Crippen molar-refractivity contribution in [2.75, 3.05) is 27.2 Å². The van der Waals surface area contributed by atoms with Crippen LogP contribution in [0.15, 0.2) is 24.5 Å². The minimum atomic E-state index is -0.0471. The Balaban J connectivity index is 2.21. The maximum absolute atomic E-state index is 12.7. The summed E-state index contributed by atoms with van der Waals surface area (Å²) in [5, 5.41) is 3.00. The highest BCUT2D eigenvalue weighted by Crippen LogP contribution is 2.18. The quantitative estimate of drug-likeness (QED) is 0.758. The Morgan fingerprint density at radius 3 is 2.36 bits per heavy atom. The van der Waals surface area contributed by atoms with E-state index in [0.29, 0.717) is 13.1 Å². The molecule has 1 N–H and O–H groups in total. The second-order valence-electron chi connectivity index (χ2n) is 8.18. The maximum atomic E-state index is 12.7. The Labute approximate surface area is 169 Å². The molecule has 0 unspecified atom stereocenters. The zero-order valence-corrected chi connectivity index (χ0v) is 18.4. The zero-order valence-electron chi connectivity index (χ0n) is 18.4. The van der Waals surface area contributed by atoms with E-state index in [1.165, 1.54) is 22.3 Å². The van der Waals surface area contributed by atoms with Gasteiger partial charge in [-0.3, -0.25) is 0 Å². The largest absolute Gasteiger partial charge is 0.336 e. The number of amides is 2. The first-order chi connectivity index (χ1) is 13.2. The predicted molar refractivity (Wildman–Crippen MR) is 115 cm³/mol. The number of hydrogen-bond donors (Lipinski definition) is 1. The zero-order chi connectivity index (χ0) is 20.8. The van der Waals surface area contributed by atoms with Crippen LogP contribution in [-0.2, 0) is 13.1 Å². The topological polar surface area (TPSA) is 53.4 Å². The number of likely N-dealkylation sites (N-methyl/N-ethyl adjacent to an activating group) is 1. The summed E-state index contributed by atoms with van der Waals surface area (Å²) < 4.78 is 2.15. The smallest absolute Gasteiger partial charge is 0.318 e. The lowest BCUT2D eigenvalue weighted by atomic mass is 10.00. The van der Waals surface area contributed by atoms with Crippen molar-refractivity contribution in [3.05, 3.63) is 52.6 Å². The molecule has 0 saturated carbocycles. The van der Waals surface area contributed by atoms with Gasteiger partial charge in [0.2, 0.25) is 0 Å². The molecule has 1 aromatic carbocycles. The van der Waals surface area contributed by atoms with Gasteiger partial charge in [0.25, 0.3) is 0 Å². The summed E-state index contributed by atoms with van der Waals surface area (Å²) in [6, 6.07) is 4.50. The van der Waals surface area contributed by atoms with Gasteiger partial charge in [0.05, 0.1) is 6.54 Å². The molecule has 6 nitrogen and oxygen atoms in total. The standard InChI is InChI=1S/C22H35N5O/c1-16(2)24-22(28)27(11-10-25(6)7)15-21-23-8-9-26(21)14-20-18(4)12-17(3)13-19(20)5/h8-9,12-13,16H,10-11,14-15H2,1-7H3,(H,24,28). The van der Waals surface area contributed by atoms with Crippen molar-refractivity contribution in [2.45, 2.75) is 53.8 Å². The average molecular weight is 386 g/mol. The van der Waals surface area contributed by atoms with Crippen molar-refractivity contribution in [1.82, 2.24) is 24.7 Å². The number of carbonyl (C=O) groups excluding carboxylic acids is 1. The fraction of sp³-hybridized carbons (Fsp3) is 0.545. The Bertz CT molecular complexity index is 771. The van der Waals surface area contributed by atoms with Crippen LogP contribution in [0.2, 0.25) is 0 Å². The number of nitrogens with one attached hydrogen (secondary N) is 1. The molecule has 0 radical (unpaired) electrons. The van der Waals surface area contributed by atoms with Crippen molar-refractivity contribution in [3.63, 3.8) is 0 Å². The number of urea groups is 1. The molecular weight excluding hydrogens is 350 g/mol. The van der Waals surface area contributed by atoms with Crippen molar-refractivity contribution in [2.24, 2.45) is 0 Å². The van der Waals surface area contributed by atoms with E-state index in [1.807, 2.05) is 45.2 Å². The fourth-order valence-electron chi connectivity index (χ4n) is 3.35. The number of imidazole rings is 1. The van der Waals surface area contributed by atoms with Crippen LogP contribution in [0.25, 0.3) is 0 Å². The Hall–Kier alpha value is -2.34. The first kappa shape index (κ1) is 22.0. The minimum Gasteiger partial charge on any atom is -0.336 e. The lowest BCUT2D eigenvalue weighted by Crippen LogP contribution is -2.45. The third-order valence-corrected chi connectivity index (χ3v) is 4.82. The van der Waals surface area contributed by atoms with Crippen LogP contribution < -0.4 is 5.32 Å². The molecule has 0 saturated heterocycles. The first-order valence-electron chi connectivity index (χ1n) is 9.94. The van der Waals surface area contributed by atoms with Crippen LogP contribution in [0.1, 0.15) is 41.9 Å². The summed E-state index contributed by atoms with van der Waals surface area (Å²) in [5.74, 6) is 0.900. The molecule has 0 aliphatic heterocycles. The lowest BCUT2D eigenvalue weighted by molar-refractivity contribution is 0.184. The van der Waals surface area contributed by atoms with Gasteiger partial charge in [-0.05, 0) is 65.4 Å². The van der Waals surface area contributed by atoms with Crippen LogP contribution >= 0.6 is 0 Å². The number of benzene rings is 1. The van der Waals surface area contributed by atoms with Crippen molar-refractivity contribution in [3.8, 4) is 0 Å². The number of hydrogen-bond acceptors (Lipinski definition) is 3. The fourth-order valence-corrected chi connectivity index (χ4v) is 3.35.